The number of rotatable bonds is 4. The van der Waals surface area contributed by atoms with Gasteiger partial charge >= 0.3 is 0 Å². The molecule has 5 atom stereocenters. The molecule has 4 heterocycles. The zero-order valence-corrected chi connectivity index (χ0v) is 21.3. The molecule has 0 bridgehead atoms. The van der Waals surface area contributed by atoms with E-state index < -0.39 is 29.1 Å². The number of para-hydroxylation sites is 1. The molecular formula is C29H35N3O5. The molecule has 1 spiro atoms. The number of amides is 3. The summed E-state index contributed by atoms with van der Waals surface area (Å²) in [5.74, 6) is -2.29. The van der Waals surface area contributed by atoms with Gasteiger partial charge in [0.2, 0.25) is 17.7 Å². The highest BCUT2D eigenvalue weighted by Gasteiger charge is 2.74. The molecule has 3 fully saturated rings. The molecule has 1 aromatic carbocycles. The maximum Gasteiger partial charge on any atom is 0.249 e. The maximum absolute atomic E-state index is 14.3. The number of nitrogens with zero attached hydrogens (tertiary/aromatic N) is 3. The van der Waals surface area contributed by atoms with Gasteiger partial charge in [-0.05, 0) is 31.9 Å². The van der Waals surface area contributed by atoms with Gasteiger partial charge in [0.25, 0.3) is 0 Å². The van der Waals surface area contributed by atoms with Crippen LogP contribution in [0.1, 0.15) is 39.0 Å². The van der Waals surface area contributed by atoms with Crippen molar-refractivity contribution in [1.29, 1.82) is 0 Å². The average Bonchev–Trinajstić information content (AvgIpc) is 3.16. The summed E-state index contributed by atoms with van der Waals surface area (Å²) in [6, 6.07) is 8.65. The fraction of sp³-hybridized carbons (Fsp3) is 0.552. The number of aliphatic hydroxyl groups is 1. The smallest absolute Gasteiger partial charge is 0.249 e. The van der Waals surface area contributed by atoms with E-state index in [1.54, 1.807) is 4.90 Å². The van der Waals surface area contributed by atoms with E-state index in [4.69, 9.17) is 4.74 Å². The fourth-order valence-corrected chi connectivity index (χ4v) is 7.45. The van der Waals surface area contributed by atoms with Crippen molar-refractivity contribution in [2.24, 2.45) is 11.8 Å². The van der Waals surface area contributed by atoms with E-state index in [-0.39, 0.29) is 36.9 Å². The largest absolute Gasteiger partial charge is 0.395 e. The van der Waals surface area contributed by atoms with E-state index in [2.05, 4.69) is 0 Å². The molecule has 8 nitrogen and oxygen atoms in total. The second kappa shape index (κ2) is 9.10. The molecule has 6 rings (SSSR count). The lowest BCUT2D eigenvalue weighted by atomic mass is 9.74. The van der Waals surface area contributed by atoms with Crippen molar-refractivity contribution in [3.05, 3.63) is 54.6 Å². The van der Waals surface area contributed by atoms with Crippen LogP contribution in [0.2, 0.25) is 0 Å². The minimum absolute atomic E-state index is 0.0268. The summed E-state index contributed by atoms with van der Waals surface area (Å²) in [5, 5.41) is 9.87. The van der Waals surface area contributed by atoms with Gasteiger partial charge in [-0.15, -0.1) is 0 Å². The zero-order chi connectivity index (χ0) is 25.8. The topological polar surface area (TPSA) is 90.4 Å². The van der Waals surface area contributed by atoms with E-state index in [0.29, 0.717) is 13.1 Å². The first-order valence-corrected chi connectivity index (χ1v) is 13.5. The van der Waals surface area contributed by atoms with Crippen LogP contribution in [0.25, 0.3) is 0 Å². The van der Waals surface area contributed by atoms with Crippen molar-refractivity contribution in [1.82, 2.24) is 9.80 Å². The van der Waals surface area contributed by atoms with Crippen molar-refractivity contribution < 1.29 is 24.2 Å². The van der Waals surface area contributed by atoms with Crippen LogP contribution in [0.15, 0.2) is 54.6 Å². The Morgan fingerprint density at radius 3 is 2.38 bits per heavy atom. The molecule has 5 aliphatic rings. The number of likely N-dealkylation sites (tertiary alicyclic amines) is 1. The predicted molar refractivity (Wildman–Crippen MR) is 137 cm³/mol. The lowest BCUT2D eigenvalue weighted by molar-refractivity contribution is -0.153. The van der Waals surface area contributed by atoms with E-state index >= 15 is 0 Å². The van der Waals surface area contributed by atoms with Gasteiger partial charge in [0, 0.05) is 31.4 Å². The molecule has 1 aliphatic carbocycles. The van der Waals surface area contributed by atoms with Crippen molar-refractivity contribution in [2.75, 3.05) is 31.1 Å². The SMILES string of the molecule is C[C@@]12C=CCN(c3ccccc3)C(=O)[C@@H]1[C@H]1C(=O)N(CCO)C3C(=O)N(C4CCCCC4)CC=C[C@@]31O2. The maximum atomic E-state index is 14.3. The van der Waals surface area contributed by atoms with Crippen LogP contribution in [0, 0.1) is 11.8 Å². The molecule has 1 unspecified atom stereocenters. The first-order valence-electron chi connectivity index (χ1n) is 13.5. The predicted octanol–water partition coefficient (Wildman–Crippen LogP) is 2.28. The summed E-state index contributed by atoms with van der Waals surface area (Å²) in [4.78, 5) is 47.7. The number of aliphatic hydroxyl groups excluding tert-OH is 1. The van der Waals surface area contributed by atoms with Gasteiger partial charge in [0.1, 0.15) is 11.6 Å². The number of β-amino-alcohol motifs (C(OH)–C–C–N with tert-alkyl or cyclic N) is 1. The summed E-state index contributed by atoms with van der Waals surface area (Å²) in [7, 11) is 0. The molecule has 37 heavy (non-hydrogen) atoms. The number of hydrogen-bond acceptors (Lipinski definition) is 5. The van der Waals surface area contributed by atoms with Crippen LogP contribution in [-0.2, 0) is 19.1 Å². The van der Waals surface area contributed by atoms with Gasteiger partial charge in [-0.25, -0.2) is 0 Å². The summed E-state index contributed by atoms with van der Waals surface area (Å²) < 4.78 is 6.82. The second-order valence-electron chi connectivity index (χ2n) is 11.1. The third-order valence-corrected chi connectivity index (χ3v) is 9.01. The molecule has 1 saturated carbocycles. The number of ether oxygens (including phenoxy) is 1. The number of fused-ring (bicyclic) bond motifs is 2. The lowest BCUT2D eigenvalue weighted by Crippen LogP contribution is -2.58. The van der Waals surface area contributed by atoms with Gasteiger partial charge in [-0.1, -0.05) is 61.8 Å². The molecule has 2 saturated heterocycles. The highest BCUT2D eigenvalue weighted by atomic mass is 16.5. The van der Waals surface area contributed by atoms with Crippen LogP contribution in [0.5, 0.6) is 0 Å². The minimum Gasteiger partial charge on any atom is -0.395 e. The summed E-state index contributed by atoms with van der Waals surface area (Å²) in [5.41, 5.74) is -1.56. The third-order valence-electron chi connectivity index (χ3n) is 9.01. The van der Waals surface area contributed by atoms with Crippen LogP contribution >= 0.6 is 0 Å². The highest BCUT2D eigenvalue weighted by Crippen LogP contribution is 2.57. The Hall–Kier alpha value is -2.97. The van der Waals surface area contributed by atoms with E-state index in [1.165, 1.54) is 11.3 Å². The molecule has 1 N–H and O–H groups in total. The normalized spacial score (nSPS) is 35.9. The highest BCUT2D eigenvalue weighted by molar-refractivity contribution is 6.04. The first-order chi connectivity index (χ1) is 17.9. The molecule has 0 aromatic heterocycles. The summed E-state index contributed by atoms with van der Waals surface area (Å²) in [6.07, 6.45) is 12.9. The van der Waals surface area contributed by atoms with E-state index in [0.717, 1.165) is 31.4 Å². The number of benzene rings is 1. The Bertz CT molecular complexity index is 1150. The first kappa shape index (κ1) is 24.4. The van der Waals surface area contributed by atoms with Crippen molar-refractivity contribution in [3.8, 4) is 0 Å². The summed E-state index contributed by atoms with van der Waals surface area (Å²) in [6.45, 7) is 2.45. The molecule has 3 amide bonds. The second-order valence-corrected chi connectivity index (χ2v) is 11.1. The molecule has 8 heteroatoms. The minimum atomic E-state index is -1.27. The van der Waals surface area contributed by atoms with Gasteiger partial charge < -0.3 is 24.5 Å². The number of anilines is 1. The lowest BCUT2D eigenvalue weighted by Gasteiger charge is -2.40. The van der Waals surface area contributed by atoms with Crippen LogP contribution in [0.4, 0.5) is 5.69 Å². The van der Waals surface area contributed by atoms with Gasteiger partial charge in [-0.2, -0.15) is 0 Å². The monoisotopic (exact) mass is 505 g/mol. The molecular weight excluding hydrogens is 470 g/mol. The average molecular weight is 506 g/mol. The van der Waals surface area contributed by atoms with Crippen LogP contribution in [0.3, 0.4) is 0 Å². The summed E-state index contributed by atoms with van der Waals surface area (Å²) >= 11 is 0. The Kier molecular flexibility index (Phi) is 5.99. The molecule has 196 valence electrons. The molecule has 4 aliphatic heterocycles. The van der Waals surface area contributed by atoms with E-state index in [9.17, 15) is 19.5 Å². The Balaban J connectivity index is 1.44. The van der Waals surface area contributed by atoms with Crippen molar-refractivity contribution >= 4 is 23.4 Å². The quantitative estimate of drug-likeness (QED) is 0.635. The van der Waals surface area contributed by atoms with Gasteiger partial charge in [-0.3, -0.25) is 14.4 Å². The third kappa shape index (κ3) is 3.60. The Morgan fingerprint density at radius 1 is 0.919 bits per heavy atom. The number of carbonyl (C=O) groups is 3. The van der Waals surface area contributed by atoms with Crippen molar-refractivity contribution in [2.45, 2.75) is 62.3 Å². The zero-order valence-electron chi connectivity index (χ0n) is 21.3. The molecule has 0 radical (unpaired) electrons. The number of hydrogen-bond donors (Lipinski definition) is 1. The fourth-order valence-electron chi connectivity index (χ4n) is 7.45. The number of carbonyl (C=O) groups excluding carboxylic acids is 3. The van der Waals surface area contributed by atoms with Gasteiger partial charge in [0.15, 0.2) is 0 Å². The van der Waals surface area contributed by atoms with Crippen LogP contribution in [-0.4, -0.2) is 82.2 Å². The Morgan fingerprint density at radius 2 is 1.65 bits per heavy atom. The Labute approximate surface area is 217 Å². The standard InChI is InChI=1S/C29H35N3O5/c1-28-14-8-16-30(20-10-4-2-5-11-20)25(34)22(28)23-26(35)32(18-19-33)24-27(36)31(21-12-6-3-7-13-21)17-9-15-29(23,24)37-28/h2,4-5,8-11,14-15,21-24,33H,3,6-7,12-13,16-19H2,1H3/t22-,23-,24?,28+,29-/m0/s1. The van der Waals surface area contributed by atoms with Crippen molar-refractivity contribution in [3.63, 3.8) is 0 Å². The van der Waals surface area contributed by atoms with Gasteiger partial charge in [0.05, 0.1) is 24.0 Å². The molecule has 1 aromatic rings. The van der Waals surface area contributed by atoms with E-state index in [1.807, 2.05) is 66.5 Å². The van der Waals surface area contributed by atoms with Crippen LogP contribution < -0.4 is 4.90 Å².